The van der Waals surface area contributed by atoms with E-state index in [0.29, 0.717) is 17.2 Å². The van der Waals surface area contributed by atoms with Crippen molar-refractivity contribution < 1.29 is 13.9 Å². The molecule has 0 fully saturated rings. The molecule has 0 aliphatic rings. The highest BCUT2D eigenvalue weighted by molar-refractivity contribution is 7.08. The lowest BCUT2D eigenvalue weighted by atomic mass is 10.2. The van der Waals surface area contributed by atoms with Crippen molar-refractivity contribution in [1.82, 2.24) is 0 Å². The predicted molar refractivity (Wildman–Crippen MR) is 94.9 cm³/mol. The van der Waals surface area contributed by atoms with E-state index in [4.69, 9.17) is 4.74 Å². The van der Waals surface area contributed by atoms with E-state index in [-0.39, 0.29) is 11.7 Å². The van der Waals surface area contributed by atoms with Crippen molar-refractivity contribution in [2.75, 3.05) is 5.32 Å². The zero-order valence-electron chi connectivity index (χ0n) is 12.6. The number of halogens is 1. The Morgan fingerprint density at radius 3 is 2.79 bits per heavy atom. The molecule has 5 heteroatoms. The van der Waals surface area contributed by atoms with Crippen LogP contribution >= 0.6 is 11.3 Å². The highest BCUT2D eigenvalue weighted by Gasteiger charge is 2.07. The number of anilines is 1. The predicted octanol–water partition coefficient (Wildman–Crippen LogP) is 5.33. The van der Waals surface area contributed by atoms with Crippen LogP contribution in [0.15, 0.2) is 71.4 Å². The molecule has 0 bridgehead atoms. The average Bonchev–Trinajstić information content (AvgIpc) is 3.08. The zero-order chi connectivity index (χ0) is 16.8. The van der Waals surface area contributed by atoms with Crippen LogP contribution in [0.2, 0.25) is 0 Å². The minimum atomic E-state index is -0.382. The first-order chi connectivity index (χ1) is 11.7. The van der Waals surface area contributed by atoms with Gasteiger partial charge in [0.15, 0.2) is 5.75 Å². The maximum Gasteiger partial charge on any atom is 0.248 e. The number of benzene rings is 2. The molecule has 1 aromatic heterocycles. The molecular weight excluding hydrogens is 325 g/mol. The molecule has 2 aromatic carbocycles. The number of thiophene rings is 1. The first-order valence-corrected chi connectivity index (χ1v) is 8.19. The Hall–Kier alpha value is -2.92. The van der Waals surface area contributed by atoms with Crippen LogP contribution in [0, 0.1) is 5.82 Å². The molecule has 0 aliphatic heterocycles. The number of carbonyl (C=O) groups excluding carboxylic acids is 1. The van der Waals surface area contributed by atoms with E-state index < -0.39 is 0 Å². The Balaban J connectivity index is 1.73. The molecule has 0 atom stereocenters. The highest BCUT2D eigenvalue weighted by atomic mass is 32.1. The van der Waals surface area contributed by atoms with Gasteiger partial charge in [0.25, 0.3) is 0 Å². The average molecular weight is 339 g/mol. The van der Waals surface area contributed by atoms with Crippen LogP contribution in [-0.4, -0.2) is 5.91 Å². The summed E-state index contributed by atoms with van der Waals surface area (Å²) < 4.78 is 18.9. The van der Waals surface area contributed by atoms with Gasteiger partial charge in [-0.3, -0.25) is 4.79 Å². The van der Waals surface area contributed by atoms with E-state index in [0.717, 1.165) is 5.56 Å². The molecule has 1 amide bonds. The van der Waals surface area contributed by atoms with E-state index in [1.165, 1.54) is 18.2 Å². The van der Waals surface area contributed by atoms with Crippen LogP contribution in [0.5, 0.6) is 11.5 Å². The van der Waals surface area contributed by atoms with Crippen molar-refractivity contribution >= 4 is 29.0 Å². The highest BCUT2D eigenvalue weighted by Crippen LogP contribution is 2.29. The van der Waals surface area contributed by atoms with Crippen LogP contribution in [-0.2, 0) is 4.79 Å². The van der Waals surface area contributed by atoms with Gasteiger partial charge in [-0.25, -0.2) is 4.39 Å². The molecule has 0 saturated heterocycles. The van der Waals surface area contributed by atoms with Crippen molar-refractivity contribution in [3.05, 3.63) is 82.8 Å². The van der Waals surface area contributed by atoms with Gasteiger partial charge in [0, 0.05) is 12.1 Å². The molecule has 3 nitrogen and oxygen atoms in total. The Bertz CT molecular complexity index is 859. The van der Waals surface area contributed by atoms with Gasteiger partial charge >= 0.3 is 0 Å². The van der Waals surface area contributed by atoms with Gasteiger partial charge in [-0.2, -0.15) is 11.3 Å². The van der Waals surface area contributed by atoms with E-state index in [1.54, 1.807) is 53.8 Å². The first-order valence-electron chi connectivity index (χ1n) is 7.24. The molecule has 1 heterocycles. The molecule has 0 unspecified atom stereocenters. The number of para-hydroxylation sites is 2. The van der Waals surface area contributed by atoms with Gasteiger partial charge in [-0.15, -0.1) is 0 Å². The number of nitrogens with one attached hydrogen (secondary N) is 1. The molecule has 0 radical (unpaired) electrons. The number of hydrogen-bond donors (Lipinski definition) is 1. The van der Waals surface area contributed by atoms with Gasteiger partial charge in [0.05, 0.1) is 5.69 Å². The fourth-order valence-electron chi connectivity index (χ4n) is 2.03. The summed E-state index contributed by atoms with van der Waals surface area (Å²) in [6.45, 7) is 0. The van der Waals surface area contributed by atoms with Gasteiger partial charge in [-0.1, -0.05) is 18.2 Å². The van der Waals surface area contributed by atoms with Crippen molar-refractivity contribution in [2.45, 2.75) is 0 Å². The van der Waals surface area contributed by atoms with Gasteiger partial charge in [0.2, 0.25) is 5.91 Å². The molecule has 0 saturated carbocycles. The van der Waals surface area contributed by atoms with Crippen LogP contribution < -0.4 is 10.1 Å². The number of ether oxygens (including phenoxy) is 1. The third-order valence-electron chi connectivity index (χ3n) is 3.14. The fraction of sp³-hybridized carbons (Fsp3) is 0. The summed E-state index contributed by atoms with van der Waals surface area (Å²) in [5, 5.41) is 6.66. The molecule has 120 valence electrons. The summed E-state index contributed by atoms with van der Waals surface area (Å²) >= 11 is 1.57. The Kier molecular flexibility index (Phi) is 5.03. The summed E-state index contributed by atoms with van der Waals surface area (Å²) in [5.41, 5.74) is 1.49. The molecule has 3 aromatic rings. The Labute approximate surface area is 143 Å². The monoisotopic (exact) mass is 339 g/mol. The maximum absolute atomic E-state index is 13.3. The van der Waals surface area contributed by atoms with Crippen LogP contribution in [0.4, 0.5) is 10.1 Å². The second-order valence-corrected chi connectivity index (χ2v) is 5.71. The van der Waals surface area contributed by atoms with Crippen molar-refractivity contribution in [1.29, 1.82) is 0 Å². The largest absolute Gasteiger partial charge is 0.455 e. The van der Waals surface area contributed by atoms with E-state index in [1.807, 2.05) is 16.8 Å². The number of hydrogen-bond acceptors (Lipinski definition) is 3. The lowest BCUT2D eigenvalue weighted by Gasteiger charge is -2.11. The molecule has 0 aliphatic carbocycles. The van der Waals surface area contributed by atoms with Crippen LogP contribution in [0.25, 0.3) is 6.08 Å². The second kappa shape index (κ2) is 7.57. The molecule has 24 heavy (non-hydrogen) atoms. The molecular formula is C19H14FNO2S. The number of rotatable bonds is 5. The quantitative estimate of drug-likeness (QED) is 0.638. The van der Waals surface area contributed by atoms with E-state index in [2.05, 4.69) is 5.32 Å². The summed E-state index contributed by atoms with van der Waals surface area (Å²) in [6, 6.07) is 14.8. The summed E-state index contributed by atoms with van der Waals surface area (Å²) in [4.78, 5) is 12.1. The van der Waals surface area contributed by atoms with Gasteiger partial charge in [-0.05, 0) is 52.7 Å². The Morgan fingerprint density at radius 2 is 2.00 bits per heavy atom. The summed E-state index contributed by atoms with van der Waals surface area (Å²) in [7, 11) is 0. The van der Waals surface area contributed by atoms with E-state index in [9.17, 15) is 9.18 Å². The topological polar surface area (TPSA) is 38.3 Å². The van der Waals surface area contributed by atoms with Crippen molar-refractivity contribution in [3.63, 3.8) is 0 Å². The van der Waals surface area contributed by atoms with Crippen LogP contribution in [0.1, 0.15) is 5.56 Å². The SMILES string of the molecule is O=C(/C=C/c1ccsc1)Nc1ccccc1Oc1cccc(F)c1. The van der Waals surface area contributed by atoms with Crippen molar-refractivity contribution in [3.8, 4) is 11.5 Å². The summed E-state index contributed by atoms with van der Waals surface area (Å²) in [5.74, 6) is 0.162. The maximum atomic E-state index is 13.3. The lowest BCUT2D eigenvalue weighted by Crippen LogP contribution is -2.08. The lowest BCUT2D eigenvalue weighted by molar-refractivity contribution is -0.111. The van der Waals surface area contributed by atoms with Crippen LogP contribution in [0.3, 0.4) is 0 Å². The molecule has 1 N–H and O–H groups in total. The number of carbonyl (C=O) groups is 1. The minimum absolute atomic E-state index is 0.267. The third kappa shape index (κ3) is 4.30. The first kappa shape index (κ1) is 16.0. The fourth-order valence-corrected chi connectivity index (χ4v) is 2.66. The molecule has 0 spiro atoms. The van der Waals surface area contributed by atoms with Gasteiger partial charge in [0.1, 0.15) is 11.6 Å². The molecule has 3 rings (SSSR count). The smallest absolute Gasteiger partial charge is 0.248 e. The summed E-state index contributed by atoms with van der Waals surface area (Å²) in [6.07, 6.45) is 3.20. The normalized spacial score (nSPS) is 10.7. The minimum Gasteiger partial charge on any atom is -0.455 e. The Morgan fingerprint density at radius 1 is 1.12 bits per heavy atom. The second-order valence-electron chi connectivity index (χ2n) is 4.93. The third-order valence-corrected chi connectivity index (χ3v) is 3.84. The van der Waals surface area contributed by atoms with Gasteiger partial charge < -0.3 is 10.1 Å². The zero-order valence-corrected chi connectivity index (χ0v) is 13.4. The number of amides is 1. The van der Waals surface area contributed by atoms with E-state index >= 15 is 0 Å². The van der Waals surface area contributed by atoms with Crippen molar-refractivity contribution in [2.24, 2.45) is 0 Å². The standard InChI is InChI=1S/C19H14FNO2S/c20-15-4-3-5-16(12-15)23-18-7-2-1-6-17(18)21-19(22)9-8-14-10-11-24-13-14/h1-13H,(H,21,22)/b9-8+.